The zero-order valence-corrected chi connectivity index (χ0v) is 10.9. The first-order valence-corrected chi connectivity index (χ1v) is 6.72. The van der Waals surface area contributed by atoms with Crippen molar-refractivity contribution < 1.29 is 9.15 Å². The summed E-state index contributed by atoms with van der Waals surface area (Å²) in [5.41, 5.74) is 0. The lowest BCUT2D eigenvalue weighted by atomic mass is 10.00. The Morgan fingerprint density at radius 2 is 2.29 bits per heavy atom. The highest BCUT2D eigenvalue weighted by molar-refractivity contribution is 5.11. The highest BCUT2D eigenvalue weighted by atomic mass is 16.5. The van der Waals surface area contributed by atoms with E-state index in [0.29, 0.717) is 0 Å². The van der Waals surface area contributed by atoms with Gasteiger partial charge in [0, 0.05) is 6.61 Å². The molecule has 1 aliphatic heterocycles. The molecule has 0 spiro atoms. The summed E-state index contributed by atoms with van der Waals surface area (Å²) in [6, 6.07) is 4.31. The molecule has 0 amide bonds. The molecular weight excluding hydrogens is 214 g/mol. The first-order valence-electron chi connectivity index (χ1n) is 6.72. The second kappa shape index (κ2) is 6.22. The minimum absolute atomic E-state index is 0.212. The molecule has 0 bridgehead atoms. The molecule has 1 aliphatic rings. The van der Waals surface area contributed by atoms with E-state index in [0.717, 1.165) is 37.5 Å². The van der Waals surface area contributed by atoms with Crippen molar-refractivity contribution in [3.63, 3.8) is 0 Å². The fourth-order valence-corrected chi connectivity index (χ4v) is 2.36. The number of hydrogen-bond acceptors (Lipinski definition) is 3. The number of furan rings is 1. The Labute approximate surface area is 104 Å². The molecule has 1 fully saturated rings. The number of nitrogens with one attached hydrogen (secondary N) is 1. The Kier molecular flexibility index (Phi) is 4.63. The molecule has 1 aromatic rings. The molecular formula is C14H23NO2. The lowest BCUT2D eigenvalue weighted by molar-refractivity contribution is -0.0127. The molecule has 0 aromatic carbocycles. The third-order valence-electron chi connectivity index (χ3n) is 3.27. The average molecular weight is 237 g/mol. The molecule has 3 heteroatoms. The fourth-order valence-electron chi connectivity index (χ4n) is 2.36. The van der Waals surface area contributed by atoms with Crippen LogP contribution in [0.4, 0.5) is 0 Å². The van der Waals surface area contributed by atoms with Crippen LogP contribution in [-0.4, -0.2) is 19.3 Å². The van der Waals surface area contributed by atoms with Gasteiger partial charge in [-0.05, 0) is 51.3 Å². The average Bonchev–Trinajstić information content (AvgIpc) is 2.78. The van der Waals surface area contributed by atoms with Gasteiger partial charge in [0.2, 0.25) is 0 Å². The normalized spacial score (nSPS) is 22.6. The summed E-state index contributed by atoms with van der Waals surface area (Å²) in [4.78, 5) is 0. The molecule has 2 atom stereocenters. The maximum Gasteiger partial charge on any atom is 0.123 e. The first-order chi connectivity index (χ1) is 8.31. The van der Waals surface area contributed by atoms with E-state index in [1.807, 2.05) is 13.0 Å². The summed E-state index contributed by atoms with van der Waals surface area (Å²) in [7, 11) is 0. The molecule has 3 nitrogen and oxygen atoms in total. The molecule has 96 valence electrons. The number of ether oxygens (including phenoxy) is 1. The van der Waals surface area contributed by atoms with Crippen molar-refractivity contribution in [2.75, 3.05) is 13.2 Å². The summed E-state index contributed by atoms with van der Waals surface area (Å²) in [5.74, 6) is 1.99. The van der Waals surface area contributed by atoms with E-state index in [1.165, 1.54) is 12.8 Å². The zero-order valence-electron chi connectivity index (χ0n) is 10.9. The third-order valence-corrected chi connectivity index (χ3v) is 3.27. The molecule has 2 heterocycles. The SMILES string of the molecule is CCCNC(c1ccc(C)o1)C1CCCCO1. The van der Waals surface area contributed by atoms with Crippen LogP contribution in [-0.2, 0) is 4.74 Å². The van der Waals surface area contributed by atoms with Crippen LogP contribution in [0.25, 0.3) is 0 Å². The van der Waals surface area contributed by atoms with Crippen molar-refractivity contribution in [1.29, 1.82) is 0 Å². The van der Waals surface area contributed by atoms with E-state index >= 15 is 0 Å². The molecule has 1 aromatic heterocycles. The predicted molar refractivity (Wildman–Crippen MR) is 68.1 cm³/mol. The first kappa shape index (κ1) is 12.7. The van der Waals surface area contributed by atoms with Crippen molar-refractivity contribution in [3.05, 3.63) is 23.7 Å². The largest absolute Gasteiger partial charge is 0.465 e. The summed E-state index contributed by atoms with van der Waals surface area (Å²) in [5, 5.41) is 3.55. The lowest BCUT2D eigenvalue weighted by Gasteiger charge is -2.30. The van der Waals surface area contributed by atoms with E-state index in [-0.39, 0.29) is 12.1 Å². The summed E-state index contributed by atoms with van der Waals surface area (Å²) in [6.45, 7) is 6.06. The summed E-state index contributed by atoms with van der Waals surface area (Å²) < 4.78 is 11.6. The maximum atomic E-state index is 5.88. The van der Waals surface area contributed by atoms with Gasteiger partial charge in [0.15, 0.2) is 0 Å². The molecule has 0 saturated carbocycles. The fraction of sp³-hybridized carbons (Fsp3) is 0.714. The van der Waals surface area contributed by atoms with Crippen LogP contribution in [0.2, 0.25) is 0 Å². The van der Waals surface area contributed by atoms with Crippen LogP contribution in [0.1, 0.15) is 50.2 Å². The Hall–Kier alpha value is -0.800. The second-order valence-electron chi connectivity index (χ2n) is 4.79. The molecule has 1 N–H and O–H groups in total. The Bertz CT molecular complexity index is 329. The number of hydrogen-bond donors (Lipinski definition) is 1. The third kappa shape index (κ3) is 3.33. The topological polar surface area (TPSA) is 34.4 Å². The second-order valence-corrected chi connectivity index (χ2v) is 4.79. The zero-order chi connectivity index (χ0) is 12.1. The van der Waals surface area contributed by atoms with Gasteiger partial charge < -0.3 is 14.5 Å². The summed E-state index contributed by atoms with van der Waals surface area (Å²) in [6.07, 6.45) is 4.97. The minimum Gasteiger partial charge on any atom is -0.465 e. The van der Waals surface area contributed by atoms with Gasteiger partial charge >= 0.3 is 0 Å². The molecule has 1 saturated heterocycles. The molecule has 0 radical (unpaired) electrons. The van der Waals surface area contributed by atoms with Crippen LogP contribution >= 0.6 is 0 Å². The van der Waals surface area contributed by atoms with Crippen molar-refractivity contribution in [2.45, 2.75) is 51.7 Å². The van der Waals surface area contributed by atoms with Gasteiger partial charge in [-0.25, -0.2) is 0 Å². The molecule has 2 rings (SSSR count). The Morgan fingerprint density at radius 3 is 2.88 bits per heavy atom. The van der Waals surface area contributed by atoms with E-state index in [1.54, 1.807) is 0 Å². The smallest absolute Gasteiger partial charge is 0.123 e. The van der Waals surface area contributed by atoms with Crippen LogP contribution in [0.15, 0.2) is 16.5 Å². The van der Waals surface area contributed by atoms with Crippen LogP contribution in [0.3, 0.4) is 0 Å². The lowest BCUT2D eigenvalue weighted by Crippen LogP contribution is -2.36. The standard InChI is InChI=1S/C14H23NO2/c1-3-9-15-14(12-6-4-5-10-16-12)13-8-7-11(2)17-13/h7-8,12,14-15H,3-6,9-10H2,1-2H3. The van der Waals surface area contributed by atoms with Crippen LogP contribution < -0.4 is 5.32 Å². The highest BCUT2D eigenvalue weighted by Gasteiger charge is 2.27. The van der Waals surface area contributed by atoms with Gasteiger partial charge in [-0.15, -0.1) is 0 Å². The van der Waals surface area contributed by atoms with E-state index in [4.69, 9.17) is 9.15 Å². The van der Waals surface area contributed by atoms with Gasteiger partial charge in [-0.3, -0.25) is 0 Å². The van der Waals surface area contributed by atoms with Gasteiger partial charge in [0.25, 0.3) is 0 Å². The number of rotatable bonds is 5. The molecule has 2 unspecified atom stereocenters. The van der Waals surface area contributed by atoms with Crippen molar-refractivity contribution >= 4 is 0 Å². The molecule has 0 aliphatic carbocycles. The van der Waals surface area contributed by atoms with Gasteiger partial charge in [-0.2, -0.15) is 0 Å². The van der Waals surface area contributed by atoms with Crippen molar-refractivity contribution in [1.82, 2.24) is 5.32 Å². The molecule has 17 heavy (non-hydrogen) atoms. The van der Waals surface area contributed by atoms with E-state index < -0.39 is 0 Å². The minimum atomic E-state index is 0.212. The van der Waals surface area contributed by atoms with Crippen LogP contribution in [0.5, 0.6) is 0 Å². The van der Waals surface area contributed by atoms with Crippen LogP contribution in [0, 0.1) is 6.92 Å². The van der Waals surface area contributed by atoms with Crippen molar-refractivity contribution in [2.24, 2.45) is 0 Å². The maximum absolute atomic E-state index is 5.88. The summed E-state index contributed by atoms with van der Waals surface area (Å²) >= 11 is 0. The van der Waals surface area contributed by atoms with Crippen molar-refractivity contribution in [3.8, 4) is 0 Å². The monoisotopic (exact) mass is 237 g/mol. The van der Waals surface area contributed by atoms with Gasteiger partial charge in [0.05, 0.1) is 12.1 Å². The quantitative estimate of drug-likeness (QED) is 0.854. The van der Waals surface area contributed by atoms with E-state index in [2.05, 4.69) is 18.3 Å². The Balaban J connectivity index is 2.06. The van der Waals surface area contributed by atoms with Gasteiger partial charge in [-0.1, -0.05) is 6.92 Å². The highest BCUT2D eigenvalue weighted by Crippen LogP contribution is 2.27. The Morgan fingerprint density at radius 1 is 1.41 bits per heavy atom. The number of aryl methyl sites for hydroxylation is 1. The van der Waals surface area contributed by atoms with Gasteiger partial charge in [0.1, 0.15) is 11.5 Å². The predicted octanol–water partition coefficient (Wildman–Crippen LogP) is 3.20. The van der Waals surface area contributed by atoms with E-state index in [9.17, 15) is 0 Å².